The van der Waals surface area contributed by atoms with Gasteiger partial charge in [-0.25, -0.2) is 4.79 Å². The van der Waals surface area contributed by atoms with E-state index < -0.39 is 0 Å². The first-order chi connectivity index (χ1) is 8.97. The van der Waals surface area contributed by atoms with Crippen LogP contribution < -0.4 is 0 Å². The number of hydrogen-bond donors (Lipinski definition) is 0. The first kappa shape index (κ1) is 16.1. The zero-order chi connectivity index (χ0) is 14.6. The molecular formula is C14H19Cl2NO2. The minimum Gasteiger partial charge on any atom is -0.441 e. The van der Waals surface area contributed by atoms with Gasteiger partial charge in [-0.3, -0.25) is 0 Å². The van der Waals surface area contributed by atoms with Crippen LogP contribution in [0.25, 0.3) is 0 Å². The molecule has 5 heteroatoms. The van der Waals surface area contributed by atoms with Crippen molar-refractivity contribution in [3.8, 4) is 0 Å². The van der Waals surface area contributed by atoms with Crippen LogP contribution in [0.1, 0.15) is 38.9 Å². The molecule has 2 atom stereocenters. The van der Waals surface area contributed by atoms with Gasteiger partial charge in [-0.2, -0.15) is 0 Å². The van der Waals surface area contributed by atoms with Gasteiger partial charge < -0.3 is 9.64 Å². The maximum Gasteiger partial charge on any atom is 0.410 e. The summed E-state index contributed by atoms with van der Waals surface area (Å²) in [4.78, 5) is 13.2. The van der Waals surface area contributed by atoms with Gasteiger partial charge in [0.15, 0.2) is 0 Å². The van der Waals surface area contributed by atoms with Crippen LogP contribution in [0.2, 0.25) is 10.0 Å². The van der Waals surface area contributed by atoms with Gasteiger partial charge >= 0.3 is 6.09 Å². The Morgan fingerprint density at radius 1 is 1.21 bits per heavy atom. The fraction of sp³-hybridized carbons (Fsp3) is 0.500. The summed E-state index contributed by atoms with van der Waals surface area (Å²) >= 11 is 11.9. The number of rotatable bonds is 1. The van der Waals surface area contributed by atoms with Crippen molar-refractivity contribution < 1.29 is 9.53 Å². The Morgan fingerprint density at radius 3 is 2.21 bits per heavy atom. The molecule has 0 unspecified atom stereocenters. The third kappa shape index (κ3) is 4.02. The van der Waals surface area contributed by atoms with Gasteiger partial charge in [0.05, 0.1) is 0 Å². The summed E-state index contributed by atoms with van der Waals surface area (Å²) in [5.41, 5.74) is 0.843. The van der Waals surface area contributed by atoms with Crippen molar-refractivity contribution in [1.29, 1.82) is 0 Å². The highest BCUT2D eigenvalue weighted by atomic mass is 35.5. The number of carbonyl (C=O) groups excluding carboxylic acids is 1. The molecule has 1 aliphatic heterocycles. The minimum absolute atomic E-state index is 0.138. The van der Waals surface area contributed by atoms with Gasteiger partial charge in [0.25, 0.3) is 0 Å². The van der Waals surface area contributed by atoms with Crippen LogP contribution in [-0.2, 0) is 4.74 Å². The van der Waals surface area contributed by atoms with Crippen molar-refractivity contribution >= 4 is 29.3 Å². The van der Waals surface area contributed by atoms with Crippen LogP contribution >= 0.6 is 23.2 Å². The van der Waals surface area contributed by atoms with Crippen molar-refractivity contribution in [2.45, 2.75) is 39.3 Å². The van der Waals surface area contributed by atoms with E-state index in [4.69, 9.17) is 27.9 Å². The number of hydrogen-bond acceptors (Lipinski definition) is 2. The summed E-state index contributed by atoms with van der Waals surface area (Å²) in [6, 6.07) is 5.36. The van der Waals surface area contributed by atoms with E-state index in [9.17, 15) is 4.79 Å². The highest BCUT2D eigenvalue weighted by molar-refractivity contribution is 6.34. The van der Waals surface area contributed by atoms with Crippen molar-refractivity contribution in [2.24, 2.45) is 0 Å². The Balaban J connectivity index is 0.000000861. The number of amides is 1. The van der Waals surface area contributed by atoms with Crippen molar-refractivity contribution in [3.05, 3.63) is 33.8 Å². The van der Waals surface area contributed by atoms with Crippen LogP contribution in [0.5, 0.6) is 0 Å². The second kappa shape index (κ2) is 7.01. The summed E-state index contributed by atoms with van der Waals surface area (Å²) in [6.07, 6.45) is 0.147. The predicted molar refractivity (Wildman–Crippen MR) is 78.9 cm³/mol. The van der Waals surface area contributed by atoms with Crippen LogP contribution in [-0.4, -0.2) is 24.1 Å². The largest absolute Gasteiger partial charge is 0.441 e. The Hall–Kier alpha value is -0.930. The van der Waals surface area contributed by atoms with Crippen LogP contribution in [0.4, 0.5) is 4.79 Å². The van der Waals surface area contributed by atoms with E-state index in [0.717, 1.165) is 12.0 Å². The normalized spacial score (nSPS) is 22.4. The second-order valence-electron chi connectivity index (χ2n) is 4.27. The van der Waals surface area contributed by atoms with Gasteiger partial charge in [-0.05, 0) is 30.7 Å². The third-order valence-electron chi connectivity index (χ3n) is 3.00. The quantitative estimate of drug-likeness (QED) is 0.737. The Bertz CT molecular complexity index is 431. The second-order valence-corrected chi connectivity index (χ2v) is 5.14. The summed E-state index contributed by atoms with van der Waals surface area (Å²) in [5.74, 6) is 0. The highest BCUT2D eigenvalue weighted by Crippen LogP contribution is 2.32. The molecule has 1 aliphatic rings. The lowest BCUT2D eigenvalue weighted by atomic mass is 10.0. The monoisotopic (exact) mass is 303 g/mol. The molecule has 0 aromatic heterocycles. The topological polar surface area (TPSA) is 29.5 Å². The van der Waals surface area contributed by atoms with Gasteiger partial charge in [0.2, 0.25) is 0 Å². The van der Waals surface area contributed by atoms with Crippen LogP contribution in [0.3, 0.4) is 0 Å². The van der Waals surface area contributed by atoms with Gasteiger partial charge in [0, 0.05) is 29.6 Å². The zero-order valence-corrected chi connectivity index (χ0v) is 13.1. The SMILES string of the molecule is CC.C[C@@H]1C[C@@H](c2cc(Cl)cc(Cl)c2)OC(=O)N1C. The van der Waals surface area contributed by atoms with E-state index in [1.54, 1.807) is 30.1 Å². The predicted octanol–water partition coefficient (Wildman–Crippen LogP) is 4.92. The lowest BCUT2D eigenvalue weighted by Crippen LogP contribution is -2.42. The van der Waals surface area contributed by atoms with E-state index in [1.807, 2.05) is 20.8 Å². The van der Waals surface area contributed by atoms with E-state index >= 15 is 0 Å². The molecule has 1 aromatic carbocycles. The number of benzene rings is 1. The molecule has 3 nitrogen and oxygen atoms in total. The average molecular weight is 304 g/mol. The summed E-state index contributed by atoms with van der Waals surface area (Å²) < 4.78 is 5.33. The van der Waals surface area contributed by atoms with Crippen LogP contribution in [0, 0.1) is 0 Å². The molecule has 0 saturated carbocycles. The molecule has 0 spiro atoms. The Morgan fingerprint density at radius 2 is 1.74 bits per heavy atom. The molecule has 1 fully saturated rings. The minimum atomic E-state index is -0.315. The summed E-state index contributed by atoms with van der Waals surface area (Å²) in [5, 5.41) is 1.10. The molecule has 19 heavy (non-hydrogen) atoms. The maximum absolute atomic E-state index is 11.6. The lowest BCUT2D eigenvalue weighted by molar-refractivity contribution is 0.0112. The molecule has 1 heterocycles. The first-order valence-electron chi connectivity index (χ1n) is 6.37. The zero-order valence-electron chi connectivity index (χ0n) is 11.6. The molecule has 0 aliphatic carbocycles. The number of carbonyl (C=O) groups is 1. The smallest absolute Gasteiger partial charge is 0.410 e. The Kier molecular flexibility index (Phi) is 5.95. The maximum atomic E-state index is 11.6. The highest BCUT2D eigenvalue weighted by Gasteiger charge is 2.31. The fourth-order valence-electron chi connectivity index (χ4n) is 1.87. The number of ether oxygens (including phenoxy) is 1. The third-order valence-corrected chi connectivity index (χ3v) is 3.44. The van der Waals surface area contributed by atoms with Gasteiger partial charge in [-0.1, -0.05) is 37.0 Å². The Labute approximate surface area is 124 Å². The van der Waals surface area contributed by atoms with E-state index in [0.29, 0.717) is 10.0 Å². The van der Waals surface area contributed by atoms with Crippen molar-refractivity contribution in [2.75, 3.05) is 7.05 Å². The molecule has 1 aromatic rings. The molecule has 1 saturated heterocycles. The van der Waals surface area contributed by atoms with Crippen LogP contribution in [0.15, 0.2) is 18.2 Å². The van der Waals surface area contributed by atoms with E-state index in [-0.39, 0.29) is 18.2 Å². The fourth-order valence-corrected chi connectivity index (χ4v) is 2.41. The average Bonchev–Trinajstić information content (AvgIpc) is 2.36. The molecule has 0 N–H and O–H groups in total. The molecule has 0 radical (unpaired) electrons. The van der Waals surface area contributed by atoms with Gasteiger partial charge in [0.1, 0.15) is 6.10 Å². The van der Waals surface area contributed by atoms with Crippen molar-refractivity contribution in [1.82, 2.24) is 4.90 Å². The van der Waals surface area contributed by atoms with E-state index in [2.05, 4.69) is 0 Å². The summed E-state index contributed by atoms with van der Waals surface area (Å²) in [6.45, 7) is 5.99. The molecule has 2 rings (SSSR count). The number of nitrogens with zero attached hydrogens (tertiary/aromatic N) is 1. The number of halogens is 2. The standard InChI is InChI=1S/C12H13Cl2NO2.C2H6/c1-7-3-11(17-12(16)15(7)2)8-4-9(13)6-10(14)5-8;1-2/h4-7,11H,3H2,1-2H3;1-2H3/t7-,11+;/m1./s1. The van der Waals surface area contributed by atoms with E-state index in [1.165, 1.54) is 0 Å². The van der Waals surface area contributed by atoms with Crippen molar-refractivity contribution in [3.63, 3.8) is 0 Å². The summed E-state index contributed by atoms with van der Waals surface area (Å²) in [7, 11) is 1.73. The molecular weight excluding hydrogens is 285 g/mol. The lowest BCUT2D eigenvalue weighted by Gasteiger charge is -2.34. The van der Waals surface area contributed by atoms with Gasteiger partial charge in [-0.15, -0.1) is 0 Å². The first-order valence-corrected chi connectivity index (χ1v) is 7.12. The molecule has 0 bridgehead atoms. The molecule has 1 amide bonds. The molecule has 106 valence electrons. The number of cyclic esters (lactones) is 1.